The highest BCUT2D eigenvalue weighted by Crippen LogP contribution is 2.35. The number of rotatable bonds is 13. The minimum atomic E-state index is -2.12. The summed E-state index contributed by atoms with van der Waals surface area (Å²) < 4.78 is 49.1. The molecule has 5 fully saturated rings. The zero-order valence-electron chi connectivity index (χ0n) is 29.2. The van der Waals surface area contributed by atoms with E-state index in [0.717, 1.165) is 0 Å². The summed E-state index contributed by atoms with van der Waals surface area (Å²) in [6.45, 7) is -4.46. The van der Waals surface area contributed by atoms with Gasteiger partial charge in [0, 0.05) is 0 Å². The van der Waals surface area contributed by atoms with E-state index in [4.69, 9.17) is 42.6 Å². The largest absolute Gasteiger partial charge is 0.394 e. The van der Waals surface area contributed by atoms with Crippen molar-refractivity contribution in [2.75, 3.05) is 33.0 Å². The molecule has 0 aromatic carbocycles. The van der Waals surface area contributed by atoms with Crippen LogP contribution in [0, 0.1) is 0 Å². The molecule has 0 saturated carbocycles. The highest BCUT2D eigenvalue weighted by Gasteiger charge is 2.56. The molecule has 0 unspecified atom stereocenters. The zero-order valence-corrected chi connectivity index (χ0v) is 29.2. The van der Waals surface area contributed by atoms with Crippen molar-refractivity contribution < 1.29 is 129 Å². The predicted octanol–water partition coefficient (Wildman–Crippen LogP) is -11.9. The molecule has 17 N–H and O–H groups in total. The Morgan fingerprint density at radius 2 is 0.464 bits per heavy atom. The number of ether oxygens (including phenoxy) is 9. The highest BCUT2D eigenvalue weighted by molar-refractivity contribution is 4.98. The maximum Gasteiger partial charge on any atom is 0.189 e. The van der Waals surface area contributed by atoms with Gasteiger partial charge in [0.25, 0.3) is 0 Å². The third-order valence-corrected chi connectivity index (χ3v) is 10.3. The second-order valence-electron chi connectivity index (χ2n) is 14.0. The Balaban J connectivity index is 1.21. The average molecular weight is 829 g/mol. The van der Waals surface area contributed by atoms with Gasteiger partial charge in [-0.25, -0.2) is 0 Å². The van der Waals surface area contributed by atoms with Crippen molar-refractivity contribution in [3.8, 4) is 0 Å². The fourth-order valence-electron chi connectivity index (χ4n) is 6.96. The number of hydrogen-bond acceptors (Lipinski definition) is 26. The normalized spacial score (nSPS) is 53.2. The summed E-state index contributed by atoms with van der Waals surface area (Å²) >= 11 is 0. The van der Waals surface area contributed by atoms with Crippen molar-refractivity contribution in [3.63, 3.8) is 0 Å². The van der Waals surface area contributed by atoms with Crippen LogP contribution in [0.25, 0.3) is 0 Å². The Bertz CT molecular complexity index is 1200. The van der Waals surface area contributed by atoms with Crippen LogP contribution >= 0.6 is 0 Å². The standard InChI is InChI=1S/C30H52O26/c31-1-6-11(36)13(38)18(43)26(48-6)53-23-8(3-33)50-28(20(45)15(23)40)55-25-10(5-35)52-30(22(47)17(25)42)56-29-21(46)16(41)24(9(4-34)51-29)54-27-19(44)14(39)12(37)7(2-32)49-27/h6-47H,1-5H2/t6-,7-,8-,9-,10-,11+,12+,13+,14+,15-,16-,17-,18-,19-,20-,21-,22-,23+,24-,25+,26+,27+,28+,29-,30+/m1/s1. The summed E-state index contributed by atoms with van der Waals surface area (Å²) in [6, 6.07) is 0. The van der Waals surface area contributed by atoms with Crippen LogP contribution in [-0.2, 0) is 42.6 Å². The van der Waals surface area contributed by atoms with E-state index in [-0.39, 0.29) is 0 Å². The molecule has 0 spiro atoms. The number of hydrogen-bond donors (Lipinski definition) is 17. The average Bonchev–Trinajstić information content (AvgIpc) is 3.19. The van der Waals surface area contributed by atoms with Crippen LogP contribution in [-0.4, -0.2) is 273 Å². The Morgan fingerprint density at radius 1 is 0.250 bits per heavy atom. The van der Waals surface area contributed by atoms with Crippen molar-refractivity contribution >= 4 is 0 Å². The molecule has 0 amide bonds. The van der Waals surface area contributed by atoms with Crippen molar-refractivity contribution in [2.45, 2.75) is 154 Å². The minimum absolute atomic E-state index is 0.809. The Labute approximate surface area is 316 Å². The van der Waals surface area contributed by atoms with Gasteiger partial charge in [-0.05, 0) is 0 Å². The van der Waals surface area contributed by atoms with E-state index in [9.17, 15) is 86.8 Å². The smallest absolute Gasteiger partial charge is 0.189 e. The first-order chi connectivity index (χ1) is 26.5. The lowest BCUT2D eigenvalue weighted by Crippen LogP contribution is -2.67. The van der Waals surface area contributed by atoms with Crippen LogP contribution < -0.4 is 0 Å². The molecule has 0 bridgehead atoms. The van der Waals surface area contributed by atoms with Gasteiger partial charge in [0.1, 0.15) is 122 Å². The third-order valence-electron chi connectivity index (χ3n) is 10.3. The van der Waals surface area contributed by atoms with Crippen LogP contribution in [0.3, 0.4) is 0 Å². The van der Waals surface area contributed by atoms with E-state index in [2.05, 4.69) is 0 Å². The highest BCUT2D eigenvalue weighted by atomic mass is 16.8. The summed E-state index contributed by atoms with van der Waals surface area (Å²) in [5.41, 5.74) is 0. The minimum Gasteiger partial charge on any atom is -0.394 e. The lowest BCUT2D eigenvalue weighted by Gasteiger charge is -2.49. The first-order valence-electron chi connectivity index (χ1n) is 17.6. The molecule has 25 atom stereocenters. The van der Waals surface area contributed by atoms with Crippen molar-refractivity contribution in [1.82, 2.24) is 0 Å². The molecule has 5 aliphatic heterocycles. The van der Waals surface area contributed by atoms with E-state index in [1.54, 1.807) is 0 Å². The van der Waals surface area contributed by atoms with Gasteiger partial charge < -0.3 is 129 Å². The number of aliphatic hydroxyl groups is 17. The molecule has 5 saturated heterocycles. The molecule has 328 valence electrons. The van der Waals surface area contributed by atoms with Crippen molar-refractivity contribution in [1.29, 1.82) is 0 Å². The molecule has 56 heavy (non-hydrogen) atoms. The topological polar surface area (TPSA) is 427 Å². The van der Waals surface area contributed by atoms with Crippen LogP contribution in [0.4, 0.5) is 0 Å². The van der Waals surface area contributed by atoms with E-state index in [1.807, 2.05) is 0 Å². The van der Waals surface area contributed by atoms with Gasteiger partial charge in [-0.2, -0.15) is 0 Å². The van der Waals surface area contributed by atoms with E-state index in [1.165, 1.54) is 0 Å². The van der Waals surface area contributed by atoms with Gasteiger partial charge in [-0.15, -0.1) is 0 Å². The van der Waals surface area contributed by atoms with E-state index < -0.39 is 187 Å². The quantitative estimate of drug-likeness (QED) is 0.0819. The second-order valence-corrected chi connectivity index (χ2v) is 14.0. The van der Waals surface area contributed by atoms with Crippen molar-refractivity contribution in [2.24, 2.45) is 0 Å². The molecule has 5 heterocycles. The van der Waals surface area contributed by atoms with Gasteiger partial charge in [0.15, 0.2) is 31.5 Å². The van der Waals surface area contributed by atoms with Gasteiger partial charge in [-0.1, -0.05) is 0 Å². The summed E-state index contributed by atoms with van der Waals surface area (Å²) in [6.07, 6.45) is -45.7. The second kappa shape index (κ2) is 19.6. The molecule has 26 heteroatoms. The zero-order chi connectivity index (χ0) is 41.3. The molecule has 26 nitrogen and oxygen atoms in total. The predicted molar refractivity (Wildman–Crippen MR) is 167 cm³/mol. The summed E-state index contributed by atoms with van der Waals surface area (Å²) in [4.78, 5) is 0. The molecule has 0 aliphatic carbocycles. The maximum atomic E-state index is 11.0. The molecular formula is C30H52O26. The Morgan fingerprint density at radius 3 is 0.714 bits per heavy atom. The Hall–Kier alpha value is -1.04. The number of aliphatic hydroxyl groups excluding tert-OH is 17. The lowest BCUT2D eigenvalue weighted by molar-refractivity contribution is -0.403. The van der Waals surface area contributed by atoms with Gasteiger partial charge in [0.05, 0.1) is 33.0 Å². The SMILES string of the molecule is OC[C@H]1O[C@@H](O[C@@H]2[C@H](O)[C@@H](O)[C@H](O[C@@H]3[C@H](O)[C@@H](O)[C@H](O[C@H]4O[C@H](CO)[C@@H](O[C@@H]5O[C@H](CO)[C@H](O)[C@H](O)[C@H]5O)[C@H](O)[C@H]4O)O[C@@H]3CO)O[C@@H]2CO)[C@H](O)[C@@H](O)[C@H]1O. The summed E-state index contributed by atoms with van der Waals surface area (Å²) in [7, 11) is 0. The molecule has 5 rings (SSSR count). The van der Waals surface area contributed by atoms with Gasteiger partial charge in [-0.3, -0.25) is 0 Å². The van der Waals surface area contributed by atoms with Crippen LogP contribution in [0.15, 0.2) is 0 Å². The third kappa shape index (κ3) is 9.16. The fraction of sp³-hybridized carbons (Fsp3) is 1.00. The van der Waals surface area contributed by atoms with Gasteiger partial charge >= 0.3 is 0 Å². The molecule has 0 radical (unpaired) electrons. The molecular weight excluding hydrogens is 776 g/mol. The van der Waals surface area contributed by atoms with E-state index in [0.29, 0.717) is 0 Å². The van der Waals surface area contributed by atoms with Crippen LogP contribution in [0.5, 0.6) is 0 Å². The summed E-state index contributed by atoms with van der Waals surface area (Å²) in [5.74, 6) is 0. The lowest BCUT2D eigenvalue weighted by atomic mass is 9.96. The Kier molecular flexibility index (Phi) is 16.1. The first-order valence-corrected chi connectivity index (χ1v) is 17.6. The van der Waals surface area contributed by atoms with Crippen molar-refractivity contribution in [3.05, 3.63) is 0 Å². The molecule has 5 aliphatic rings. The van der Waals surface area contributed by atoms with E-state index >= 15 is 0 Å². The monoisotopic (exact) mass is 828 g/mol. The summed E-state index contributed by atoms with van der Waals surface area (Å²) in [5, 5.41) is 175. The molecule has 0 aromatic heterocycles. The van der Waals surface area contributed by atoms with Crippen LogP contribution in [0.2, 0.25) is 0 Å². The maximum absolute atomic E-state index is 11.0. The first kappa shape index (κ1) is 46.0. The molecule has 0 aromatic rings. The van der Waals surface area contributed by atoms with Gasteiger partial charge in [0.2, 0.25) is 0 Å². The fourth-order valence-corrected chi connectivity index (χ4v) is 6.96. The van der Waals surface area contributed by atoms with Crippen LogP contribution in [0.1, 0.15) is 0 Å².